The second-order valence-corrected chi connectivity index (χ2v) is 5.06. The van der Waals surface area contributed by atoms with Crippen molar-refractivity contribution in [3.05, 3.63) is 29.8 Å². The minimum absolute atomic E-state index is 0.0432. The number of carboxylic acids is 1. The number of hydrogen-bond acceptors (Lipinski definition) is 3. The molecule has 20 heavy (non-hydrogen) atoms. The van der Waals surface area contributed by atoms with Gasteiger partial charge in [0.15, 0.2) is 0 Å². The summed E-state index contributed by atoms with van der Waals surface area (Å²) in [6.45, 7) is 0. The normalized spacial score (nSPS) is 16.1. The van der Waals surface area contributed by atoms with E-state index in [1.165, 1.54) is 0 Å². The van der Waals surface area contributed by atoms with Crippen molar-refractivity contribution >= 4 is 11.9 Å². The zero-order valence-electron chi connectivity index (χ0n) is 11.5. The molecule has 1 aliphatic rings. The van der Waals surface area contributed by atoms with Gasteiger partial charge in [-0.25, -0.2) is 0 Å². The van der Waals surface area contributed by atoms with Crippen LogP contribution in [0.3, 0.4) is 0 Å². The van der Waals surface area contributed by atoms with Gasteiger partial charge in [-0.15, -0.1) is 0 Å². The summed E-state index contributed by atoms with van der Waals surface area (Å²) in [6.07, 6.45) is 2.75. The number of methoxy groups -OCH3 is 1. The van der Waals surface area contributed by atoms with Crippen molar-refractivity contribution in [3.63, 3.8) is 0 Å². The average Bonchev–Trinajstić information content (AvgIpc) is 2.35. The van der Waals surface area contributed by atoms with Gasteiger partial charge in [0.05, 0.1) is 19.6 Å². The minimum atomic E-state index is -0.931. The molecule has 108 valence electrons. The van der Waals surface area contributed by atoms with Crippen LogP contribution in [0.1, 0.15) is 37.3 Å². The summed E-state index contributed by atoms with van der Waals surface area (Å²) in [6, 6.07) is 6.60. The van der Waals surface area contributed by atoms with Crippen LogP contribution in [0.15, 0.2) is 24.3 Å². The van der Waals surface area contributed by atoms with Crippen LogP contribution in [0, 0.1) is 5.92 Å². The molecule has 1 amide bonds. The van der Waals surface area contributed by atoms with Crippen molar-refractivity contribution in [2.24, 2.45) is 5.92 Å². The first kappa shape index (κ1) is 14.4. The van der Waals surface area contributed by atoms with Gasteiger partial charge in [-0.05, 0) is 30.5 Å². The van der Waals surface area contributed by atoms with Gasteiger partial charge in [0, 0.05) is 5.92 Å². The van der Waals surface area contributed by atoms with E-state index in [2.05, 4.69) is 5.32 Å². The molecule has 0 unspecified atom stereocenters. The molecule has 1 atom stereocenters. The Kier molecular flexibility index (Phi) is 4.61. The summed E-state index contributed by atoms with van der Waals surface area (Å²) in [4.78, 5) is 22.9. The van der Waals surface area contributed by atoms with E-state index >= 15 is 0 Å². The van der Waals surface area contributed by atoms with E-state index < -0.39 is 12.0 Å². The Hall–Kier alpha value is -2.04. The monoisotopic (exact) mass is 277 g/mol. The van der Waals surface area contributed by atoms with Crippen molar-refractivity contribution in [1.29, 1.82) is 0 Å². The topological polar surface area (TPSA) is 75.6 Å². The van der Waals surface area contributed by atoms with Gasteiger partial charge in [-0.2, -0.15) is 0 Å². The molecule has 1 saturated carbocycles. The average molecular weight is 277 g/mol. The molecule has 1 aromatic carbocycles. The third kappa shape index (κ3) is 3.50. The molecule has 0 radical (unpaired) electrons. The molecule has 5 heteroatoms. The van der Waals surface area contributed by atoms with Crippen molar-refractivity contribution in [3.8, 4) is 5.75 Å². The second kappa shape index (κ2) is 6.41. The van der Waals surface area contributed by atoms with E-state index in [-0.39, 0.29) is 18.2 Å². The fourth-order valence-corrected chi connectivity index (χ4v) is 2.22. The Morgan fingerprint density at radius 3 is 2.45 bits per heavy atom. The van der Waals surface area contributed by atoms with Crippen molar-refractivity contribution in [2.45, 2.75) is 31.7 Å². The zero-order chi connectivity index (χ0) is 14.5. The lowest BCUT2D eigenvalue weighted by Crippen LogP contribution is -2.37. The molecule has 5 nitrogen and oxygen atoms in total. The van der Waals surface area contributed by atoms with Crippen LogP contribution in [-0.4, -0.2) is 24.1 Å². The Morgan fingerprint density at radius 1 is 1.35 bits per heavy atom. The number of carbonyl (C=O) groups is 2. The highest BCUT2D eigenvalue weighted by Gasteiger charge is 2.28. The molecule has 0 spiro atoms. The molecule has 0 saturated heterocycles. The lowest BCUT2D eigenvalue weighted by Gasteiger charge is -2.27. The van der Waals surface area contributed by atoms with Crippen LogP contribution in [0.2, 0.25) is 0 Å². The predicted octanol–water partition coefficient (Wildman–Crippen LogP) is 2.13. The van der Waals surface area contributed by atoms with E-state index in [0.717, 1.165) is 24.8 Å². The second-order valence-electron chi connectivity index (χ2n) is 5.06. The number of aliphatic carboxylic acids is 1. The van der Waals surface area contributed by atoms with Crippen molar-refractivity contribution < 1.29 is 19.4 Å². The number of ether oxygens (including phenoxy) is 1. The smallest absolute Gasteiger partial charge is 0.305 e. The maximum atomic E-state index is 12.0. The number of carbonyl (C=O) groups excluding carboxylic acids is 1. The number of nitrogens with one attached hydrogen (secondary N) is 1. The third-order valence-electron chi connectivity index (χ3n) is 3.69. The quantitative estimate of drug-likeness (QED) is 0.835. The highest BCUT2D eigenvalue weighted by atomic mass is 16.5. The number of hydrogen-bond donors (Lipinski definition) is 2. The minimum Gasteiger partial charge on any atom is -0.497 e. The van der Waals surface area contributed by atoms with Gasteiger partial charge >= 0.3 is 5.97 Å². The Bertz CT molecular complexity index is 479. The molecule has 1 aromatic rings. The van der Waals surface area contributed by atoms with E-state index in [4.69, 9.17) is 9.84 Å². The van der Waals surface area contributed by atoms with E-state index in [1.54, 1.807) is 31.4 Å². The number of amides is 1. The number of benzene rings is 1. The maximum Gasteiger partial charge on any atom is 0.305 e. The third-order valence-corrected chi connectivity index (χ3v) is 3.69. The van der Waals surface area contributed by atoms with Gasteiger partial charge in [-0.1, -0.05) is 18.6 Å². The SMILES string of the molecule is COc1ccc([C@H](CC(=O)O)NC(=O)C2CCC2)cc1. The van der Waals surface area contributed by atoms with Gasteiger partial charge in [0.25, 0.3) is 0 Å². The Morgan fingerprint density at radius 2 is 2.00 bits per heavy atom. The maximum absolute atomic E-state index is 12.0. The van der Waals surface area contributed by atoms with Gasteiger partial charge < -0.3 is 15.2 Å². The van der Waals surface area contributed by atoms with E-state index in [9.17, 15) is 9.59 Å². The summed E-state index contributed by atoms with van der Waals surface area (Å²) < 4.78 is 5.07. The van der Waals surface area contributed by atoms with Crippen molar-refractivity contribution in [1.82, 2.24) is 5.32 Å². The highest BCUT2D eigenvalue weighted by Crippen LogP contribution is 2.28. The molecule has 1 fully saturated rings. The standard InChI is InChI=1S/C15H19NO4/c1-20-12-7-5-10(6-8-12)13(9-14(17)18)16-15(19)11-3-2-4-11/h5-8,11,13H,2-4,9H2,1H3,(H,16,19)(H,17,18)/t13-/m0/s1. The summed E-state index contributed by atoms with van der Waals surface area (Å²) in [5.74, 6) is -0.226. The highest BCUT2D eigenvalue weighted by molar-refractivity contribution is 5.80. The Labute approximate surface area is 117 Å². The molecule has 1 aliphatic carbocycles. The fraction of sp³-hybridized carbons (Fsp3) is 0.467. The van der Waals surface area contributed by atoms with Gasteiger partial charge in [0.2, 0.25) is 5.91 Å². The molecule has 0 heterocycles. The molecular formula is C15H19NO4. The fourth-order valence-electron chi connectivity index (χ4n) is 2.22. The van der Waals surface area contributed by atoms with Crippen LogP contribution in [0.5, 0.6) is 5.75 Å². The molecule has 0 aromatic heterocycles. The van der Waals surface area contributed by atoms with Gasteiger partial charge in [0.1, 0.15) is 5.75 Å². The van der Waals surface area contributed by atoms with Crippen LogP contribution in [0.25, 0.3) is 0 Å². The lowest BCUT2D eigenvalue weighted by molar-refractivity contribution is -0.138. The zero-order valence-corrected chi connectivity index (χ0v) is 11.5. The molecule has 0 bridgehead atoms. The first-order valence-electron chi connectivity index (χ1n) is 6.76. The predicted molar refractivity (Wildman–Crippen MR) is 73.5 cm³/mol. The van der Waals surface area contributed by atoms with E-state index in [0.29, 0.717) is 5.75 Å². The largest absolute Gasteiger partial charge is 0.497 e. The summed E-state index contributed by atoms with van der Waals surface area (Å²) >= 11 is 0. The molecule has 2 N–H and O–H groups in total. The molecule has 0 aliphatic heterocycles. The van der Waals surface area contributed by atoms with E-state index in [1.807, 2.05) is 0 Å². The summed E-state index contributed by atoms with van der Waals surface area (Å²) in [7, 11) is 1.57. The summed E-state index contributed by atoms with van der Waals surface area (Å²) in [5.41, 5.74) is 0.779. The van der Waals surface area contributed by atoms with Gasteiger partial charge in [-0.3, -0.25) is 9.59 Å². The number of rotatable bonds is 6. The lowest BCUT2D eigenvalue weighted by atomic mass is 9.84. The van der Waals surface area contributed by atoms with Crippen LogP contribution >= 0.6 is 0 Å². The first-order valence-corrected chi connectivity index (χ1v) is 6.76. The van der Waals surface area contributed by atoms with Crippen LogP contribution in [-0.2, 0) is 9.59 Å². The van der Waals surface area contributed by atoms with Crippen LogP contribution in [0.4, 0.5) is 0 Å². The van der Waals surface area contributed by atoms with Crippen molar-refractivity contribution in [2.75, 3.05) is 7.11 Å². The Balaban J connectivity index is 2.08. The number of carboxylic acid groups (broad SMARTS) is 1. The summed E-state index contributed by atoms with van der Waals surface area (Å²) in [5, 5.41) is 11.8. The molecule has 2 rings (SSSR count). The molecular weight excluding hydrogens is 258 g/mol. The van der Waals surface area contributed by atoms with Crippen LogP contribution < -0.4 is 10.1 Å². The first-order chi connectivity index (χ1) is 9.60.